The van der Waals surface area contributed by atoms with E-state index in [1.165, 1.54) is 0 Å². The molecule has 2 aliphatic heterocycles. The molecule has 1 unspecified atom stereocenters. The van der Waals surface area contributed by atoms with Gasteiger partial charge >= 0.3 is 0 Å². The van der Waals surface area contributed by atoms with Crippen molar-refractivity contribution in [2.24, 2.45) is 0 Å². The van der Waals surface area contributed by atoms with Crippen molar-refractivity contribution in [1.29, 1.82) is 0 Å². The number of carbonyl (C=O) groups excluding carboxylic acids is 1. The molecule has 1 atom stereocenters. The summed E-state index contributed by atoms with van der Waals surface area (Å²) in [5, 5.41) is 3.45. The minimum Gasteiger partial charge on any atom is -0.454 e. The van der Waals surface area contributed by atoms with Crippen LogP contribution in [0.5, 0.6) is 11.5 Å². The van der Waals surface area contributed by atoms with Crippen LogP contribution in [0.15, 0.2) is 18.3 Å². The Balaban J connectivity index is 1.50. The third kappa shape index (κ3) is 2.63. The van der Waals surface area contributed by atoms with E-state index in [1.807, 2.05) is 13.1 Å². The number of fused-ring (bicyclic) bond motifs is 2. The lowest BCUT2D eigenvalue weighted by Gasteiger charge is -2.24. The molecule has 2 aromatic rings. The standard InChI is InChI=1S/C16H16ClN3O3/c1-9-6-20-7-11(2-3-14(20)18-9)19-16(21)10-4-12(17)15-13(5-10)22-8-23-15/h4-6,11H,2-3,7-8H2,1H3,(H,19,21). The molecule has 7 heteroatoms. The predicted octanol–water partition coefficient (Wildman–Crippen LogP) is 2.32. The van der Waals surface area contributed by atoms with Crippen molar-refractivity contribution in [2.75, 3.05) is 6.79 Å². The quantitative estimate of drug-likeness (QED) is 0.916. The Labute approximate surface area is 138 Å². The smallest absolute Gasteiger partial charge is 0.251 e. The third-order valence-electron chi connectivity index (χ3n) is 4.14. The van der Waals surface area contributed by atoms with Gasteiger partial charge in [-0.3, -0.25) is 4.79 Å². The summed E-state index contributed by atoms with van der Waals surface area (Å²) in [4.78, 5) is 17.0. The lowest BCUT2D eigenvalue weighted by molar-refractivity contribution is 0.0927. The largest absolute Gasteiger partial charge is 0.454 e. The number of rotatable bonds is 2. The van der Waals surface area contributed by atoms with Crippen LogP contribution in [0.1, 0.15) is 28.3 Å². The summed E-state index contributed by atoms with van der Waals surface area (Å²) in [7, 11) is 0. The Bertz CT molecular complexity index is 787. The van der Waals surface area contributed by atoms with Gasteiger partial charge in [0.1, 0.15) is 5.82 Å². The molecule has 3 heterocycles. The van der Waals surface area contributed by atoms with Crippen molar-refractivity contribution in [3.8, 4) is 11.5 Å². The van der Waals surface area contributed by atoms with E-state index in [0.717, 1.165) is 30.9 Å². The number of hydrogen-bond acceptors (Lipinski definition) is 4. The normalized spacial score (nSPS) is 18.6. The first-order valence-electron chi connectivity index (χ1n) is 7.53. The van der Waals surface area contributed by atoms with Gasteiger partial charge in [-0.1, -0.05) is 11.6 Å². The molecule has 1 aromatic heterocycles. The molecule has 0 aliphatic carbocycles. The second-order valence-electron chi connectivity index (χ2n) is 5.85. The van der Waals surface area contributed by atoms with Crippen LogP contribution < -0.4 is 14.8 Å². The fourth-order valence-corrected chi connectivity index (χ4v) is 3.34. The fraction of sp³-hybridized carbons (Fsp3) is 0.375. The van der Waals surface area contributed by atoms with Crippen LogP contribution >= 0.6 is 11.6 Å². The highest BCUT2D eigenvalue weighted by Crippen LogP contribution is 2.39. The van der Waals surface area contributed by atoms with Crippen molar-refractivity contribution in [1.82, 2.24) is 14.9 Å². The zero-order chi connectivity index (χ0) is 16.0. The zero-order valence-electron chi connectivity index (χ0n) is 12.6. The highest BCUT2D eigenvalue weighted by molar-refractivity contribution is 6.32. The molecule has 120 valence electrons. The van der Waals surface area contributed by atoms with Gasteiger partial charge in [-0.15, -0.1) is 0 Å². The van der Waals surface area contributed by atoms with E-state index in [0.29, 0.717) is 22.1 Å². The summed E-state index contributed by atoms with van der Waals surface area (Å²) in [5.74, 6) is 1.94. The van der Waals surface area contributed by atoms with Gasteiger partial charge in [-0.25, -0.2) is 4.98 Å². The van der Waals surface area contributed by atoms with E-state index >= 15 is 0 Å². The third-order valence-corrected chi connectivity index (χ3v) is 4.42. The molecular formula is C16H16ClN3O3. The summed E-state index contributed by atoms with van der Waals surface area (Å²) >= 11 is 6.13. The molecule has 0 radical (unpaired) electrons. The molecule has 1 N–H and O–H groups in total. The molecule has 4 rings (SSSR count). The van der Waals surface area contributed by atoms with Crippen molar-refractivity contribution >= 4 is 17.5 Å². The molecule has 2 aliphatic rings. The Morgan fingerprint density at radius 3 is 3.17 bits per heavy atom. The Kier molecular flexibility index (Phi) is 3.41. The van der Waals surface area contributed by atoms with E-state index in [9.17, 15) is 4.79 Å². The minimum absolute atomic E-state index is 0.0767. The average Bonchev–Trinajstić information content (AvgIpc) is 3.12. The number of halogens is 1. The molecule has 0 fully saturated rings. The SMILES string of the molecule is Cc1cn2c(n1)CCC(NC(=O)c1cc(Cl)c3c(c1)OCO3)C2. The van der Waals surface area contributed by atoms with E-state index in [-0.39, 0.29) is 18.7 Å². The van der Waals surface area contributed by atoms with Crippen molar-refractivity contribution in [3.05, 3.63) is 40.4 Å². The Hall–Kier alpha value is -2.21. The number of benzene rings is 1. The second kappa shape index (κ2) is 5.45. The summed E-state index contributed by atoms with van der Waals surface area (Å²) < 4.78 is 12.7. The number of ether oxygens (including phenoxy) is 2. The summed E-state index contributed by atoms with van der Waals surface area (Å²) in [5.41, 5.74) is 1.49. The zero-order valence-corrected chi connectivity index (χ0v) is 13.4. The number of imidazole rings is 1. The molecule has 0 spiro atoms. The highest BCUT2D eigenvalue weighted by Gasteiger charge is 2.24. The van der Waals surface area contributed by atoms with E-state index < -0.39 is 0 Å². The van der Waals surface area contributed by atoms with E-state index in [2.05, 4.69) is 14.9 Å². The van der Waals surface area contributed by atoms with Crippen LogP contribution in [0, 0.1) is 6.92 Å². The summed E-state index contributed by atoms with van der Waals surface area (Å²) in [6.07, 6.45) is 3.76. The number of nitrogens with zero attached hydrogens (tertiary/aromatic N) is 2. The molecule has 23 heavy (non-hydrogen) atoms. The van der Waals surface area contributed by atoms with Gasteiger partial charge < -0.3 is 19.4 Å². The Morgan fingerprint density at radius 2 is 2.30 bits per heavy atom. The van der Waals surface area contributed by atoms with Gasteiger partial charge in [0.05, 0.1) is 10.7 Å². The predicted molar refractivity (Wildman–Crippen MR) is 84.1 cm³/mol. The maximum absolute atomic E-state index is 12.5. The number of nitrogens with one attached hydrogen (secondary N) is 1. The molecule has 1 aromatic carbocycles. The van der Waals surface area contributed by atoms with Gasteiger partial charge in [0, 0.05) is 30.8 Å². The van der Waals surface area contributed by atoms with Crippen molar-refractivity contribution in [3.63, 3.8) is 0 Å². The second-order valence-corrected chi connectivity index (χ2v) is 6.26. The van der Waals surface area contributed by atoms with Crippen LogP contribution in [0.3, 0.4) is 0 Å². The Morgan fingerprint density at radius 1 is 1.43 bits per heavy atom. The van der Waals surface area contributed by atoms with Gasteiger partial charge in [-0.2, -0.15) is 0 Å². The first-order valence-corrected chi connectivity index (χ1v) is 7.90. The maximum Gasteiger partial charge on any atom is 0.251 e. The average molecular weight is 334 g/mol. The number of hydrogen-bond donors (Lipinski definition) is 1. The molecular weight excluding hydrogens is 318 g/mol. The monoisotopic (exact) mass is 333 g/mol. The van der Waals surface area contributed by atoms with Gasteiger partial charge in [0.2, 0.25) is 6.79 Å². The molecule has 0 saturated heterocycles. The van der Waals surface area contributed by atoms with Crippen LogP contribution in [0.2, 0.25) is 5.02 Å². The number of aromatic nitrogens is 2. The van der Waals surface area contributed by atoms with Crippen molar-refractivity contribution in [2.45, 2.75) is 32.4 Å². The first kappa shape index (κ1) is 14.4. The molecule has 0 bridgehead atoms. The van der Waals surface area contributed by atoms with Gasteiger partial charge in [0.25, 0.3) is 5.91 Å². The topological polar surface area (TPSA) is 65.4 Å². The van der Waals surface area contributed by atoms with Crippen molar-refractivity contribution < 1.29 is 14.3 Å². The maximum atomic E-state index is 12.5. The van der Waals surface area contributed by atoms with Crippen LogP contribution in [0.4, 0.5) is 0 Å². The van der Waals surface area contributed by atoms with Gasteiger partial charge in [-0.05, 0) is 25.5 Å². The van der Waals surface area contributed by atoms with E-state index in [1.54, 1.807) is 12.1 Å². The molecule has 1 amide bonds. The highest BCUT2D eigenvalue weighted by atomic mass is 35.5. The number of aryl methyl sites for hydroxylation is 2. The van der Waals surface area contributed by atoms with Crippen LogP contribution in [-0.2, 0) is 13.0 Å². The number of carbonyl (C=O) groups is 1. The first-order chi connectivity index (χ1) is 11.1. The summed E-state index contributed by atoms with van der Waals surface area (Å²) in [6, 6.07) is 3.35. The lowest BCUT2D eigenvalue weighted by Crippen LogP contribution is -2.40. The minimum atomic E-state index is -0.157. The molecule has 6 nitrogen and oxygen atoms in total. The number of amides is 1. The summed E-state index contributed by atoms with van der Waals surface area (Å²) in [6.45, 7) is 2.85. The molecule has 0 saturated carbocycles. The van der Waals surface area contributed by atoms with Crippen LogP contribution in [-0.4, -0.2) is 28.3 Å². The van der Waals surface area contributed by atoms with E-state index in [4.69, 9.17) is 21.1 Å². The fourth-order valence-electron chi connectivity index (χ4n) is 3.07. The lowest BCUT2D eigenvalue weighted by atomic mass is 10.1. The van der Waals surface area contributed by atoms with Crippen LogP contribution in [0.25, 0.3) is 0 Å². The van der Waals surface area contributed by atoms with Gasteiger partial charge in [0.15, 0.2) is 11.5 Å².